The fourth-order valence-corrected chi connectivity index (χ4v) is 3.50. The fourth-order valence-electron chi connectivity index (χ4n) is 3.50. The van der Waals surface area contributed by atoms with Crippen LogP contribution in [0, 0.1) is 11.7 Å². The summed E-state index contributed by atoms with van der Waals surface area (Å²) in [7, 11) is 0. The minimum atomic E-state index is -0.0773. The van der Waals surface area contributed by atoms with Gasteiger partial charge in [-0.15, -0.1) is 0 Å². The van der Waals surface area contributed by atoms with E-state index in [1.165, 1.54) is 38.5 Å². The fraction of sp³-hybridized carbons (Fsp3) is 0.667. The second kappa shape index (κ2) is 7.78. The Bertz CT molecular complexity index is 396. The zero-order chi connectivity index (χ0) is 14.4. The van der Waals surface area contributed by atoms with Gasteiger partial charge in [0, 0.05) is 17.6 Å². The van der Waals surface area contributed by atoms with Crippen LogP contribution in [0.5, 0.6) is 0 Å². The third-order valence-electron chi connectivity index (χ3n) is 4.67. The van der Waals surface area contributed by atoms with Crippen molar-refractivity contribution >= 4 is 0 Å². The van der Waals surface area contributed by atoms with E-state index >= 15 is 0 Å². The van der Waals surface area contributed by atoms with Gasteiger partial charge >= 0.3 is 0 Å². The van der Waals surface area contributed by atoms with Gasteiger partial charge in [-0.1, -0.05) is 44.9 Å². The van der Waals surface area contributed by atoms with Gasteiger partial charge in [-0.2, -0.15) is 0 Å². The molecule has 1 atom stereocenters. The Morgan fingerprint density at radius 2 is 1.85 bits per heavy atom. The lowest BCUT2D eigenvalue weighted by Crippen LogP contribution is -2.36. The van der Waals surface area contributed by atoms with Crippen molar-refractivity contribution in [2.24, 2.45) is 5.92 Å². The first-order valence-electron chi connectivity index (χ1n) is 8.25. The minimum absolute atomic E-state index is 0.0773. The highest BCUT2D eigenvalue weighted by atomic mass is 19.1. The van der Waals surface area contributed by atoms with Crippen LogP contribution in [0.25, 0.3) is 0 Å². The molecule has 112 valence electrons. The summed E-state index contributed by atoms with van der Waals surface area (Å²) in [6, 6.07) is 7.90. The van der Waals surface area contributed by atoms with Crippen LogP contribution in [0.2, 0.25) is 0 Å². The molecule has 1 N–H and O–H groups in total. The van der Waals surface area contributed by atoms with Crippen LogP contribution < -0.4 is 5.32 Å². The Hall–Kier alpha value is -0.890. The van der Waals surface area contributed by atoms with Crippen molar-refractivity contribution in [3.8, 4) is 0 Å². The lowest BCUT2D eigenvalue weighted by molar-refractivity contribution is 0.260. The molecule has 1 aliphatic rings. The summed E-state index contributed by atoms with van der Waals surface area (Å²) in [5.41, 5.74) is 0.825. The molecule has 1 nitrogen and oxygen atoms in total. The topological polar surface area (TPSA) is 12.0 Å². The van der Waals surface area contributed by atoms with Crippen LogP contribution in [-0.2, 0) is 0 Å². The van der Waals surface area contributed by atoms with Gasteiger partial charge in [0.15, 0.2) is 0 Å². The largest absolute Gasteiger partial charge is 0.307 e. The molecule has 1 aliphatic carbocycles. The van der Waals surface area contributed by atoms with Gasteiger partial charge in [0.1, 0.15) is 5.82 Å². The molecule has 0 aliphatic heterocycles. The molecule has 2 heteroatoms. The predicted molar refractivity (Wildman–Crippen MR) is 83.2 cm³/mol. The number of hydrogen-bond donors (Lipinski definition) is 1. The van der Waals surface area contributed by atoms with Crippen molar-refractivity contribution < 1.29 is 4.39 Å². The highest BCUT2D eigenvalue weighted by molar-refractivity contribution is 5.21. The molecule has 1 fully saturated rings. The van der Waals surface area contributed by atoms with E-state index in [1.54, 1.807) is 12.1 Å². The lowest BCUT2D eigenvalue weighted by Gasteiger charge is -2.32. The Kier molecular flexibility index (Phi) is 6.03. The maximum atomic E-state index is 13.9. The summed E-state index contributed by atoms with van der Waals surface area (Å²) >= 11 is 0. The molecule has 1 saturated carbocycles. The molecular weight excluding hydrogens is 249 g/mol. The number of nitrogens with one attached hydrogen (secondary N) is 1. The van der Waals surface area contributed by atoms with E-state index < -0.39 is 0 Å². The predicted octanol–water partition coefficient (Wildman–Crippen LogP) is 5.23. The second-order valence-electron chi connectivity index (χ2n) is 6.16. The van der Waals surface area contributed by atoms with Gasteiger partial charge in [0.25, 0.3) is 0 Å². The van der Waals surface area contributed by atoms with Gasteiger partial charge in [0.2, 0.25) is 0 Å². The van der Waals surface area contributed by atoms with Gasteiger partial charge in [0.05, 0.1) is 0 Å². The van der Waals surface area contributed by atoms with E-state index in [9.17, 15) is 4.39 Å². The molecule has 20 heavy (non-hydrogen) atoms. The molecule has 1 aromatic carbocycles. The summed E-state index contributed by atoms with van der Waals surface area (Å²) in [4.78, 5) is 0. The average Bonchev–Trinajstić information content (AvgIpc) is 2.48. The molecule has 2 rings (SSSR count). The Morgan fingerprint density at radius 1 is 1.15 bits per heavy atom. The highest BCUT2D eigenvalue weighted by Crippen LogP contribution is 2.30. The van der Waals surface area contributed by atoms with Crippen molar-refractivity contribution in [3.63, 3.8) is 0 Å². The van der Waals surface area contributed by atoms with Crippen molar-refractivity contribution in [3.05, 3.63) is 35.6 Å². The first kappa shape index (κ1) is 15.5. The Morgan fingerprint density at radius 3 is 2.45 bits per heavy atom. The van der Waals surface area contributed by atoms with Gasteiger partial charge in [-0.3, -0.25) is 0 Å². The molecule has 0 spiro atoms. The summed E-state index contributed by atoms with van der Waals surface area (Å²) < 4.78 is 13.9. The monoisotopic (exact) mass is 277 g/mol. The van der Waals surface area contributed by atoms with E-state index in [1.807, 2.05) is 12.1 Å². The minimum Gasteiger partial charge on any atom is -0.307 e. The van der Waals surface area contributed by atoms with Crippen LogP contribution in [0.3, 0.4) is 0 Å². The SMILES string of the molecule is CCCC1CCC(NC(CC)c2ccccc2F)CC1. The first-order chi connectivity index (χ1) is 9.74. The molecule has 0 radical (unpaired) electrons. The zero-order valence-electron chi connectivity index (χ0n) is 12.9. The van der Waals surface area contributed by atoms with E-state index in [0.717, 1.165) is 17.9 Å². The van der Waals surface area contributed by atoms with Crippen molar-refractivity contribution in [1.29, 1.82) is 0 Å². The third-order valence-corrected chi connectivity index (χ3v) is 4.67. The first-order valence-corrected chi connectivity index (χ1v) is 8.25. The van der Waals surface area contributed by atoms with Crippen LogP contribution in [0.15, 0.2) is 24.3 Å². The molecule has 0 heterocycles. The van der Waals surface area contributed by atoms with Crippen LogP contribution in [0.1, 0.15) is 70.4 Å². The summed E-state index contributed by atoms with van der Waals surface area (Å²) in [5.74, 6) is 0.845. The normalized spacial score (nSPS) is 24.6. The van der Waals surface area contributed by atoms with Crippen LogP contribution in [-0.4, -0.2) is 6.04 Å². The van der Waals surface area contributed by atoms with E-state index in [0.29, 0.717) is 6.04 Å². The van der Waals surface area contributed by atoms with Crippen LogP contribution in [0.4, 0.5) is 4.39 Å². The number of halogens is 1. The quantitative estimate of drug-likeness (QED) is 0.751. The van der Waals surface area contributed by atoms with Crippen molar-refractivity contribution in [2.75, 3.05) is 0 Å². The number of rotatable bonds is 6. The second-order valence-corrected chi connectivity index (χ2v) is 6.16. The Labute approximate surface area is 123 Å². The zero-order valence-corrected chi connectivity index (χ0v) is 12.9. The Balaban J connectivity index is 1.90. The third kappa shape index (κ3) is 4.05. The van der Waals surface area contributed by atoms with Crippen molar-refractivity contribution in [2.45, 2.75) is 70.9 Å². The standard InChI is InChI=1S/C18H28FN/c1-3-7-14-10-12-15(13-11-14)20-18(4-2)16-8-5-6-9-17(16)19/h5-6,8-9,14-15,18,20H,3-4,7,10-13H2,1-2H3. The van der Waals surface area contributed by atoms with E-state index in [4.69, 9.17) is 0 Å². The number of hydrogen-bond acceptors (Lipinski definition) is 1. The van der Waals surface area contributed by atoms with E-state index in [-0.39, 0.29) is 11.9 Å². The molecule has 1 unspecified atom stereocenters. The maximum absolute atomic E-state index is 13.9. The van der Waals surface area contributed by atoms with Gasteiger partial charge in [-0.25, -0.2) is 4.39 Å². The maximum Gasteiger partial charge on any atom is 0.127 e. The van der Waals surface area contributed by atoms with Gasteiger partial charge in [-0.05, 0) is 44.1 Å². The van der Waals surface area contributed by atoms with Crippen LogP contribution >= 0.6 is 0 Å². The number of benzene rings is 1. The molecule has 1 aromatic rings. The van der Waals surface area contributed by atoms with E-state index in [2.05, 4.69) is 19.2 Å². The summed E-state index contributed by atoms with van der Waals surface area (Å²) in [5, 5.41) is 3.69. The highest BCUT2D eigenvalue weighted by Gasteiger charge is 2.23. The smallest absolute Gasteiger partial charge is 0.127 e. The summed E-state index contributed by atoms with van der Waals surface area (Å²) in [6.07, 6.45) is 8.77. The van der Waals surface area contributed by atoms with Crippen molar-refractivity contribution in [1.82, 2.24) is 5.32 Å². The molecule has 0 amide bonds. The van der Waals surface area contributed by atoms with Gasteiger partial charge < -0.3 is 5.32 Å². The molecule has 0 saturated heterocycles. The average molecular weight is 277 g/mol. The summed E-state index contributed by atoms with van der Waals surface area (Å²) in [6.45, 7) is 4.41. The lowest BCUT2D eigenvalue weighted by atomic mass is 9.83. The molecular formula is C18H28FN. The molecule has 0 bridgehead atoms. The molecule has 0 aromatic heterocycles.